The lowest BCUT2D eigenvalue weighted by Crippen LogP contribution is -2.22. The zero-order chi connectivity index (χ0) is 21.1. The first-order chi connectivity index (χ1) is 14.5. The van der Waals surface area contributed by atoms with Gasteiger partial charge in [-0.05, 0) is 42.0 Å². The van der Waals surface area contributed by atoms with Gasteiger partial charge in [0.05, 0.1) is 12.2 Å². The average Bonchev–Trinajstić information content (AvgIpc) is 3.17. The minimum atomic E-state index is -0.575. The fraction of sp³-hybridized carbons (Fsp3) is 0.0870. The van der Waals surface area contributed by atoms with E-state index in [4.69, 9.17) is 5.21 Å². The van der Waals surface area contributed by atoms with Crippen LogP contribution in [0.5, 0.6) is 0 Å². The number of carbonyl (C=O) groups is 2. The highest BCUT2D eigenvalue weighted by molar-refractivity contribution is 7.15. The average molecular weight is 417 g/mol. The second-order valence-electron chi connectivity index (χ2n) is 6.79. The maximum atomic E-state index is 12.6. The molecule has 0 saturated carbocycles. The maximum absolute atomic E-state index is 12.6. The van der Waals surface area contributed by atoms with Gasteiger partial charge in [-0.3, -0.25) is 14.8 Å². The number of nitrogens with one attached hydrogen (secondary N) is 2. The van der Waals surface area contributed by atoms with Crippen LogP contribution in [0.15, 0.2) is 66.7 Å². The Labute approximate surface area is 177 Å². The Morgan fingerprint density at radius 3 is 2.20 bits per heavy atom. The third-order valence-corrected chi connectivity index (χ3v) is 6.00. The second kappa shape index (κ2) is 8.44. The number of aryl methyl sites for hydroxylation is 1. The van der Waals surface area contributed by atoms with Crippen molar-refractivity contribution in [3.8, 4) is 10.6 Å². The molecule has 0 spiro atoms. The van der Waals surface area contributed by atoms with E-state index in [1.807, 2.05) is 37.3 Å². The molecule has 2 amide bonds. The normalized spacial score (nSPS) is 10.7. The number of aromatic nitrogens is 1. The Balaban J connectivity index is 1.48. The van der Waals surface area contributed by atoms with Crippen LogP contribution >= 0.6 is 11.3 Å². The highest BCUT2D eigenvalue weighted by Crippen LogP contribution is 2.27. The largest absolute Gasteiger partial charge is 0.347 e. The minimum absolute atomic E-state index is 0.178. The van der Waals surface area contributed by atoms with Crippen molar-refractivity contribution in [2.45, 2.75) is 13.5 Å². The van der Waals surface area contributed by atoms with Crippen LogP contribution in [0.2, 0.25) is 0 Å². The highest BCUT2D eigenvalue weighted by atomic mass is 32.1. The molecule has 0 atom stereocenters. The molecule has 0 fully saturated rings. The number of nitrogens with zero attached hydrogens (tertiary/aromatic N) is 1. The molecule has 0 aliphatic carbocycles. The Kier molecular flexibility index (Phi) is 5.56. The molecule has 6 nitrogen and oxygen atoms in total. The SMILES string of the molecule is Cc1nc(-c2ccccc2)sc1CNC(=O)c1ccc2cc(C(=O)NO)ccc2c1. The second-order valence-corrected chi connectivity index (χ2v) is 7.88. The molecule has 1 aromatic heterocycles. The third-order valence-electron chi connectivity index (χ3n) is 4.79. The molecule has 0 aliphatic rings. The van der Waals surface area contributed by atoms with Crippen molar-refractivity contribution in [1.82, 2.24) is 15.8 Å². The first-order valence-corrected chi connectivity index (χ1v) is 10.1. The third kappa shape index (κ3) is 4.07. The molecule has 30 heavy (non-hydrogen) atoms. The number of thiazole rings is 1. The van der Waals surface area contributed by atoms with Crippen LogP contribution < -0.4 is 10.8 Å². The highest BCUT2D eigenvalue weighted by Gasteiger charge is 2.12. The van der Waals surface area contributed by atoms with E-state index in [9.17, 15) is 9.59 Å². The Morgan fingerprint density at radius 1 is 0.933 bits per heavy atom. The Hall–Kier alpha value is -3.55. The molecule has 7 heteroatoms. The van der Waals surface area contributed by atoms with Gasteiger partial charge < -0.3 is 5.32 Å². The van der Waals surface area contributed by atoms with Crippen molar-refractivity contribution in [3.63, 3.8) is 0 Å². The molecule has 150 valence electrons. The molecule has 0 radical (unpaired) electrons. The van der Waals surface area contributed by atoms with Crippen molar-refractivity contribution in [1.29, 1.82) is 0 Å². The molecule has 3 N–H and O–H groups in total. The molecule has 1 heterocycles. The van der Waals surface area contributed by atoms with Crippen molar-refractivity contribution < 1.29 is 14.8 Å². The van der Waals surface area contributed by atoms with E-state index in [-0.39, 0.29) is 5.91 Å². The van der Waals surface area contributed by atoms with E-state index in [1.165, 1.54) is 0 Å². The maximum Gasteiger partial charge on any atom is 0.274 e. The molecular weight excluding hydrogens is 398 g/mol. The number of benzene rings is 3. The zero-order valence-electron chi connectivity index (χ0n) is 16.2. The summed E-state index contributed by atoms with van der Waals surface area (Å²) in [4.78, 5) is 29.8. The molecule has 0 saturated heterocycles. The van der Waals surface area contributed by atoms with Gasteiger partial charge in [-0.25, -0.2) is 10.5 Å². The van der Waals surface area contributed by atoms with E-state index >= 15 is 0 Å². The fourth-order valence-electron chi connectivity index (χ4n) is 3.15. The lowest BCUT2D eigenvalue weighted by Gasteiger charge is -2.07. The van der Waals surface area contributed by atoms with Crippen LogP contribution in [0.1, 0.15) is 31.3 Å². The number of carbonyl (C=O) groups excluding carboxylic acids is 2. The van der Waals surface area contributed by atoms with Gasteiger partial charge in [0.1, 0.15) is 5.01 Å². The van der Waals surface area contributed by atoms with Crippen LogP contribution in [-0.2, 0) is 6.54 Å². The molecule has 0 aliphatic heterocycles. The molecule has 0 unspecified atom stereocenters. The van der Waals surface area contributed by atoms with Gasteiger partial charge in [-0.1, -0.05) is 42.5 Å². The molecule has 3 aromatic carbocycles. The summed E-state index contributed by atoms with van der Waals surface area (Å²) < 4.78 is 0. The van der Waals surface area contributed by atoms with Gasteiger partial charge in [-0.2, -0.15) is 0 Å². The lowest BCUT2D eigenvalue weighted by molar-refractivity contribution is 0.0706. The Bertz CT molecular complexity index is 1240. The van der Waals surface area contributed by atoms with Crippen molar-refractivity contribution in [2.75, 3.05) is 0 Å². The summed E-state index contributed by atoms with van der Waals surface area (Å²) in [6.07, 6.45) is 0. The fourth-order valence-corrected chi connectivity index (χ4v) is 4.16. The first-order valence-electron chi connectivity index (χ1n) is 9.33. The van der Waals surface area contributed by atoms with Gasteiger partial charge >= 0.3 is 0 Å². The smallest absolute Gasteiger partial charge is 0.274 e. The summed E-state index contributed by atoms with van der Waals surface area (Å²) in [5.41, 5.74) is 4.47. The first kappa shape index (κ1) is 19.8. The van der Waals surface area contributed by atoms with Crippen LogP contribution in [0.4, 0.5) is 0 Å². The predicted octanol–water partition coefficient (Wildman–Crippen LogP) is 4.32. The van der Waals surface area contributed by atoms with Gasteiger partial charge in [0.15, 0.2) is 0 Å². The number of amides is 2. The quantitative estimate of drug-likeness (QED) is 0.333. The minimum Gasteiger partial charge on any atom is -0.347 e. The van der Waals surface area contributed by atoms with Crippen molar-refractivity contribution in [2.24, 2.45) is 0 Å². The van der Waals surface area contributed by atoms with Gasteiger partial charge in [0, 0.05) is 21.6 Å². The monoisotopic (exact) mass is 417 g/mol. The van der Waals surface area contributed by atoms with E-state index in [1.54, 1.807) is 53.2 Å². The summed E-state index contributed by atoms with van der Waals surface area (Å²) >= 11 is 1.57. The predicted molar refractivity (Wildman–Crippen MR) is 117 cm³/mol. The van der Waals surface area contributed by atoms with Crippen LogP contribution in [0.25, 0.3) is 21.3 Å². The van der Waals surface area contributed by atoms with Crippen LogP contribution in [0.3, 0.4) is 0 Å². The van der Waals surface area contributed by atoms with Gasteiger partial charge in [0.25, 0.3) is 11.8 Å². The molecular formula is C23H19N3O3S. The zero-order valence-corrected chi connectivity index (χ0v) is 17.0. The van der Waals surface area contributed by atoms with E-state index < -0.39 is 5.91 Å². The number of hydroxylamine groups is 1. The Morgan fingerprint density at radius 2 is 1.57 bits per heavy atom. The van der Waals surface area contributed by atoms with Crippen molar-refractivity contribution in [3.05, 3.63) is 88.4 Å². The van der Waals surface area contributed by atoms with Gasteiger partial charge in [-0.15, -0.1) is 11.3 Å². The molecule has 0 bridgehead atoms. The number of hydrogen-bond acceptors (Lipinski definition) is 5. The van der Waals surface area contributed by atoms with E-state index in [0.717, 1.165) is 31.9 Å². The number of fused-ring (bicyclic) bond motifs is 1. The summed E-state index contributed by atoms with van der Waals surface area (Å²) in [7, 11) is 0. The molecule has 4 aromatic rings. The number of rotatable bonds is 5. The van der Waals surface area contributed by atoms with Crippen molar-refractivity contribution >= 4 is 33.9 Å². The standard InChI is InChI=1S/C23H19N3O3S/c1-14-20(30-23(25-14)15-5-3-2-4-6-15)13-24-21(27)18-9-7-17-12-19(22(28)26-29)10-8-16(17)11-18/h2-12,29H,13H2,1H3,(H,24,27)(H,26,28). The summed E-state index contributed by atoms with van der Waals surface area (Å²) in [5, 5.41) is 14.3. The number of hydrogen-bond donors (Lipinski definition) is 3. The van der Waals surface area contributed by atoms with Crippen LogP contribution in [-0.4, -0.2) is 22.0 Å². The van der Waals surface area contributed by atoms with E-state index in [2.05, 4.69) is 10.3 Å². The summed E-state index contributed by atoms with van der Waals surface area (Å²) in [5.74, 6) is -0.753. The lowest BCUT2D eigenvalue weighted by atomic mass is 10.0. The summed E-state index contributed by atoms with van der Waals surface area (Å²) in [6, 6.07) is 20.2. The summed E-state index contributed by atoms with van der Waals surface area (Å²) in [6.45, 7) is 2.35. The van der Waals surface area contributed by atoms with Gasteiger partial charge in [0.2, 0.25) is 0 Å². The molecule has 4 rings (SSSR count). The topological polar surface area (TPSA) is 91.3 Å². The van der Waals surface area contributed by atoms with Crippen LogP contribution in [0, 0.1) is 6.92 Å². The van der Waals surface area contributed by atoms with E-state index in [0.29, 0.717) is 17.7 Å².